The van der Waals surface area contributed by atoms with Crippen LogP contribution in [0.25, 0.3) is 10.1 Å². The Morgan fingerprint density at radius 2 is 2.16 bits per heavy atom. The smallest absolute Gasteiger partial charge is 0.0552 e. The number of nitrogens with zero attached hydrogens (tertiary/aromatic N) is 2. The van der Waals surface area contributed by atoms with Crippen molar-refractivity contribution in [2.75, 3.05) is 19.6 Å². The summed E-state index contributed by atoms with van der Waals surface area (Å²) >= 11 is 1.62. The minimum absolute atomic E-state index is 0.935. The molecule has 0 radical (unpaired) electrons. The van der Waals surface area contributed by atoms with Crippen molar-refractivity contribution in [1.29, 1.82) is 0 Å². The summed E-state index contributed by atoms with van der Waals surface area (Å²) < 4.78 is 5.67. The van der Waals surface area contributed by atoms with Crippen LogP contribution in [0, 0.1) is 11.8 Å². The molecule has 3 fully saturated rings. The van der Waals surface area contributed by atoms with Gasteiger partial charge in [0.05, 0.1) is 4.70 Å². The minimum atomic E-state index is 0.935. The molecule has 0 N–H and O–H groups in total. The number of rotatable bonds is 3. The van der Waals surface area contributed by atoms with Crippen molar-refractivity contribution >= 4 is 21.6 Å². The third-order valence-corrected chi connectivity index (χ3v) is 5.83. The van der Waals surface area contributed by atoms with Gasteiger partial charge in [0.15, 0.2) is 0 Å². The Kier molecular flexibility index (Phi) is 3.04. The van der Waals surface area contributed by atoms with E-state index in [1.54, 1.807) is 11.5 Å². The van der Waals surface area contributed by atoms with E-state index in [1.807, 2.05) is 6.20 Å². The number of piperidine rings is 3. The Bertz CT molecular complexity index is 569. The maximum atomic E-state index is 4.33. The molecule has 3 aliphatic heterocycles. The topological polar surface area (TPSA) is 16.1 Å². The summed E-state index contributed by atoms with van der Waals surface area (Å²) in [6.07, 6.45) is 7.51. The van der Waals surface area contributed by atoms with E-state index >= 15 is 0 Å². The number of hydrogen-bond donors (Lipinski definition) is 0. The molecule has 0 aliphatic carbocycles. The maximum absolute atomic E-state index is 4.33. The van der Waals surface area contributed by atoms with Crippen LogP contribution in [0.5, 0.6) is 0 Å². The van der Waals surface area contributed by atoms with Crippen LogP contribution in [0.4, 0.5) is 0 Å². The highest BCUT2D eigenvalue weighted by Gasteiger charge is 2.33. The predicted molar refractivity (Wildman–Crippen MR) is 80.6 cm³/mol. The highest BCUT2D eigenvalue weighted by Crippen LogP contribution is 2.35. The molecule has 1 unspecified atom stereocenters. The Morgan fingerprint density at radius 1 is 1.26 bits per heavy atom. The lowest BCUT2D eigenvalue weighted by atomic mass is 9.76. The summed E-state index contributed by atoms with van der Waals surface area (Å²) in [6, 6.07) is 6.66. The van der Waals surface area contributed by atoms with E-state index in [9.17, 15) is 0 Å². The highest BCUT2D eigenvalue weighted by molar-refractivity contribution is 7.13. The lowest BCUT2D eigenvalue weighted by Crippen LogP contribution is -2.47. The monoisotopic (exact) mass is 272 g/mol. The molecule has 19 heavy (non-hydrogen) atoms. The fraction of sp³-hybridized carbons (Fsp3) is 0.562. The van der Waals surface area contributed by atoms with Gasteiger partial charge in [-0.2, -0.15) is 4.37 Å². The van der Waals surface area contributed by atoms with Gasteiger partial charge in [0.2, 0.25) is 0 Å². The minimum Gasteiger partial charge on any atom is -0.303 e. The second-order valence-corrected chi connectivity index (χ2v) is 6.92. The molecule has 1 aromatic heterocycles. The van der Waals surface area contributed by atoms with Crippen molar-refractivity contribution in [1.82, 2.24) is 9.27 Å². The molecular weight excluding hydrogens is 252 g/mol. The number of fused-ring (bicyclic) bond motifs is 4. The molecule has 2 nitrogen and oxygen atoms in total. The number of aromatic nitrogens is 1. The van der Waals surface area contributed by atoms with E-state index in [-0.39, 0.29) is 0 Å². The van der Waals surface area contributed by atoms with E-state index in [0.717, 1.165) is 11.8 Å². The Balaban J connectivity index is 1.49. The first-order valence-corrected chi connectivity index (χ1v) is 8.22. The third-order valence-electron chi connectivity index (χ3n) is 5.07. The van der Waals surface area contributed by atoms with Crippen LogP contribution in [0.15, 0.2) is 24.4 Å². The SMILES string of the molecule is c1cc(CCC2CN3CCC2CC3)c2cnsc2c1. The van der Waals surface area contributed by atoms with Gasteiger partial charge in [-0.15, -0.1) is 0 Å². The van der Waals surface area contributed by atoms with Gasteiger partial charge in [0, 0.05) is 18.1 Å². The van der Waals surface area contributed by atoms with Crippen molar-refractivity contribution in [3.8, 4) is 0 Å². The maximum Gasteiger partial charge on any atom is 0.0552 e. The molecule has 0 saturated carbocycles. The van der Waals surface area contributed by atoms with Crippen LogP contribution in [-0.4, -0.2) is 28.9 Å². The zero-order valence-electron chi connectivity index (χ0n) is 11.2. The molecule has 4 heterocycles. The lowest BCUT2D eigenvalue weighted by Gasteiger charge is -2.45. The second kappa shape index (κ2) is 4.88. The van der Waals surface area contributed by atoms with E-state index in [4.69, 9.17) is 0 Å². The average Bonchev–Trinajstić information content (AvgIpc) is 2.95. The van der Waals surface area contributed by atoms with Crippen molar-refractivity contribution in [3.63, 3.8) is 0 Å². The fourth-order valence-electron chi connectivity index (χ4n) is 3.92. The first-order chi connectivity index (χ1) is 9.40. The quantitative estimate of drug-likeness (QED) is 0.849. The first-order valence-electron chi connectivity index (χ1n) is 7.45. The van der Waals surface area contributed by atoms with Crippen molar-refractivity contribution in [3.05, 3.63) is 30.0 Å². The Morgan fingerprint density at radius 3 is 2.95 bits per heavy atom. The van der Waals surface area contributed by atoms with Crippen LogP contribution >= 0.6 is 11.5 Å². The molecular formula is C16H20N2S. The summed E-state index contributed by atoms with van der Waals surface area (Å²) in [7, 11) is 0. The van der Waals surface area contributed by atoms with Crippen LogP contribution in [0.2, 0.25) is 0 Å². The normalized spacial score (nSPS) is 30.0. The van der Waals surface area contributed by atoms with Crippen molar-refractivity contribution in [2.45, 2.75) is 25.7 Å². The predicted octanol–water partition coefficient (Wildman–Crippen LogP) is 3.57. The molecule has 0 spiro atoms. The summed E-state index contributed by atoms with van der Waals surface area (Å²) in [5.74, 6) is 1.94. The fourth-order valence-corrected chi connectivity index (χ4v) is 4.62. The second-order valence-electron chi connectivity index (χ2n) is 6.09. The van der Waals surface area contributed by atoms with E-state index < -0.39 is 0 Å². The van der Waals surface area contributed by atoms with E-state index in [1.165, 1.54) is 61.0 Å². The third kappa shape index (κ3) is 2.19. The molecule has 3 heteroatoms. The molecule has 5 rings (SSSR count). The Hall–Kier alpha value is -0.930. The molecule has 100 valence electrons. The molecule has 0 amide bonds. The average molecular weight is 272 g/mol. The summed E-state index contributed by atoms with van der Waals surface area (Å²) in [6.45, 7) is 4.05. The molecule has 1 aromatic carbocycles. The summed E-state index contributed by atoms with van der Waals surface area (Å²) in [4.78, 5) is 2.66. The first kappa shape index (κ1) is 11.9. The van der Waals surface area contributed by atoms with Gasteiger partial charge in [-0.1, -0.05) is 12.1 Å². The molecule has 1 atom stereocenters. The molecule has 2 aromatic rings. The molecule has 2 bridgehead atoms. The van der Waals surface area contributed by atoms with Crippen LogP contribution in [0.1, 0.15) is 24.8 Å². The highest BCUT2D eigenvalue weighted by atomic mass is 32.1. The van der Waals surface area contributed by atoms with Crippen LogP contribution in [-0.2, 0) is 6.42 Å². The van der Waals surface area contributed by atoms with Gasteiger partial charge in [0.25, 0.3) is 0 Å². The van der Waals surface area contributed by atoms with Gasteiger partial charge in [-0.25, -0.2) is 0 Å². The standard InChI is InChI=1S/C16H20N2S/c1-2-13(15-10-17-19-16(15)3-1)4-5-14-11-18-8-6-12(14)7-9-18/h1-3,10,12,14H,4-9,11H2. The number of hydrogen-bond acceptors (Lipinski definition) is 3. The number of benzene rings is 1. The van der Waals surface area contributed by atoms with Crippen molar-refractivity contribution in [2.24, 2.45) is 11.8 Å². The van der Waals surface area contributed by atoms with E-state index in [0.29, 0.717) is 0 Å². The van der Waals surface area contributed by atoms with E-state index in [2.05, 4.69) is 27.5 Å². The van der Waals surface area contributed by atoms with Crippen molar-refractivity contribution < 1.29 is 0 Å². The van der Waals surface area contributed by atoms with Crippen LogP contribution in [0.3, 0.4) is 0 Å². The van der Waals surface area contributed by atoms with Gasteiger partial charge in [-0.3, -0.25) is 0 Å². The van der Waals surface area contributed by atoms with Gasteiger partial charge < -0.3 is 4.90 Å². The van der Waals surface area contributed by atoms with Crippen LogP contribution < -0.4 is 0 Å². The summed E-state index contributed by atoms with van der Waals surface area (Å²) in [5.41, 5.74) is 1.50. The largest absolute Gasteiger partial charge is 0.303 e. The Labute approximate surface area is 118 Å². The lowest BCUT2D eigenvalue weighted by molar-refractivity contribution is 0.0470. The zero-order valence-corrected chi connectivity index (χ0v) is 12.0. The summed E-state index contributed by atoms with van der Waals surface area (Å²) in [5, 5.41) is 1.38. The molecule has 3 saturated heterocycles. The zero-order chi connectivity index (χ0) is 12.7. The van der Waals surface area contributed by atoms with Gasteiger partial charge in [-0.05, 0) is 73.8 Å². The van der Waals surface area contributed by atoms with Gasteiger partial charge in [0.1, 0.15) is 0 Å². The van der Waals surface area contributed by atoms with Gasteiger partial charge >= 0.3 is 0 Å². The number of aryl methyl sites for hydroxylation is 1. The molecule has 3 aliphatic rings.